The minimum absolute atomic E-state index is 0.0294. The summed E-state index contributed by atoms with van der Waals surface area (Å²) in [5.41, 5.74) is 1.91. The van der Waals surface area contributed by atoms with Crippen molar-refractivity contribution in [2.75, 3.05) is 17.1 Å². The van der Waals surface area contributed by atoms with Crippen molar-refractivity contribution in [3.8, 4) is 11.5 Å². The highest BCUT2D eigenvalue weighted by molar-refractivity contribution is 7.92. The van der Waals surface area contributed by atoms with Crippen LogP contribution in [0, 0.1) is 0 Å². The number of halogens is 1. The molecule has 0 aromatic heterocycles. The van der Waals surface area contributed by atoms with Gasteiger partial charge in [-0.3, -0.25) is 13.9 Å². The van der Waals surface area contributed by atoms with E-state index in [9.17, 15) is 18.0 Å². The second kappa shape index (κ2) is 16.0. The standard InChI is InChI=1S/C37H40ClN3O5S/c1-47(44,45)41(32-20-22-34(23-21-32)46-33-18-9-4-10-19-33)27-36(42)40(26-29-14-11-15-30(38)24-29)35(25-28-12-5-2-6-13-28)37(43)39-31-16-7-3-8-17-31/h2,4-6,9-15,18-24,31,35H,3,7-8,16-17,25-27H2,1H3,(H,39,43)/t35-/m0/s1. The van der Waals surface area contributed by atoms with Gasteiger partial charge in [-0.05, 0) is 72.5 Å². The van der Waals surface area contributed by atoms with Gasteiger partial charge in [-0.15, -0.1) is 0 Å². The van der Waals surface area contributed by atoms with Gasteiger partial charge in [0, 0.05) is 24.0 Å². The maximum atomic E-state index is 14.4. The number of para-hydroxylation sites is 1. The minimum atomic E-state index is -3.90. The van der Waals surface area contributed by atoms with E-state index in [0.717, 1.165) is 53.8 Å². The molecule has 10 heteroatoms. The van der Waals surface area contributed by atoms with Gasteiger partial charge in [0.05, 0.1) is 11.9 Å². The summed E-state index contributed by atoms with van der Waals surface area (Å²) >= 11 is 6.32. The molecule has 0 spiro atoms. The van der Waals surface area contributed by atoms with Crippen LogP contribution in [0.5, 0.6) is 11.5 Å². The molecule has 246 valence electrons. The number of hydrogen-bond donors (Lipinski definition) is 1. The Kier molecular flexibility index (Phi) is 11.6. The lowest BCUT2D eigenvalue weighted by Gasteiger charge is -2.35. The van der Waals surface area contributed by atoms with E-state index in [-0.39, 0.29) is 24.9 Å². The summed E-state index contributed by atoms with van der Waals surface area (Å²) < 4.78 is 33.2. The summed E-state index contributed by atoms with van der Waals surface area (Å²) in [6.07, 6.45) is 6.31. The van der Waals surface area contributed by atoms with Crippen molar-refractivity contribution in [3.05, 3.63) is 125 Å². The highest BCUT2D eigenvalue weighted by atomic mass is 35.5. The third-order valence-electron chi connectivity index (χ3n) is 8.25. The van der Waals surface area contributed by atoms with E-state index in [2.05, 4.69) is 5.32 Å². The van der Waals surface area contributed by atoms with Crippen LogP contribution in [0.15, 0.2) is 109 Å². The average molecular weight is 674 g/mol. The van der Waals surface area contributed by atoms with E-state index >= 15 is 0 Å². The Morgan fingerprint density at radius 1 is 0.830 bits per heavy atom. The molecule has 0 saturated heterocycles. The van der Waals surface area contributed by atoms with E-state index in [4.69, 9.17) is 16.3 Å². The number of hydrogen-bond acceptors (Lipinski definition) is 5. The molecule has 1 N–H and O–H groups in total. The van der Waals surface area contributed by atoms with Gasteiger partial charge < -0.3 is 15.0 Å². The second-order valence-corrected chi connectivity index (χ2v) is 14.2. The quantitative estimate of drug-likeness (QED) is 0.165. The third-order valence-corrected chi connectivity index (χ3v) is 9.62. The number of carbonyl (C=O) groups is 2. The molecular weight excluding hydrogens is 634 g/mol. The van der Waals surface area contributed by atoms with Crippen LogP contribution in [0.3, 0.4) is 0 Å². The minimum Gasteiger partial charge on any atom is -0.457 e. The van der Waals surface area contributed by atoms with Crippen molar-refractivity contribution in [1.82, 2.24) is 10.2 Å². The summed E-state index contributed by atoms with van der Waals surface area (Å²) in [6.45, 7) is -0.434. The number of ether oxygens (including phenoxy) is 1. The lowest BCUT2D eigenvalue weighted by atomic mass is 9.94. The predicted molar refractivity (Wildman–Crippen MR) is 186 cm³/mol. The molecular formula is C37H40ClN3O5S. The molecule has 0 aliphatic heterocycles. The number of rotatable bonds is 13. The highest BCUT2D eigenvalue weighted by Crippen LogP contribution is 2.27. The number of sulfonamides is 1. The van der Waals surface area contributed by atoms with Gasteiger partial charge in [-0.1, -0.05) is 91.5 Å². The molecule has 47 heavy (non-hydrogen) atoms. The van der Waals surface area contributed by atoms with Crippen LogP contribution in [0.4, 0.5) is 5.69 Å². The number of benzene rings is 4. The lowest BCUT2D eigenvalue weighted by molar-refractivity contribution is -0.140. The Balaban J connectivity index is 1.46. The van der Waals surface area contributed by atoms with Crippen LogP contribution >= 0.6 is 11.6 Å². The summed E-state index contributed by atoms with van der Waals surface area (Å²) in [5, 5.41) is 3.71. The number of nitrogens with zero attached hydrogens (tertiary/aromatic N) is 2. The molecule has 0 bridgehead atoms. The Morgan fingerprint density at radius 3 is 2.09 bits per heavy atom. The monoisotopic (exact) mass is 673 g/mol. The van der Waals surface area contributed by atoms with Crippen LogP contribution in [-0.4, -0.2) is 50.0 Å². The normalized spacial score (nSPS) is 14.2. The molecule has 1 aliphatic carbocycles. The molecule has 4 aromatic carbocycles. The van der Waals surface area contributed by atoms with Gasteiger partial charge in [0.1, 0.15) is 24.1 Å². The van der Waals surface area contributed by atoms with E-state index in [0.29, 0.717) is 22.2 Å². The van der Waals surface area contributed by atoms with Crippen molar-refractivity contribution < 1.29 is 22.7 Å². The lowest BCUT2D eigenvalue weighted by Crippen LogP contribution is -2.55. The van der Waals surface area contributed by atoms with Crippen molar-refractivity contribution in [2.24, 2.45) is 0 Å². The molecule has 0 unspecified atom stereocenters. The Labute approximate surface area is 282 Å². The van der Waals surface area contributed by atoms with Crippen LogP contribution in [0.2, 0.25) is 5.02 Å². The van der Waals surface area contributed by atoms with Gasteiger partial charge in [0.25, 0.3) is 0 Å². The SMILES string of the molecule is CS(=O)(=O)N(CC(=O)N(Cc1cccc(Cl)c1)[C@@H](Cc1ccccc1)C(=O)NC1CCCCC1)c1ccc(Oc2ccccc2)cc1. The average Bonchev–Trinajstić information content (AvgIpc) is 3.06. The Bertz CT molecular complexity index is 1730. The number of carbonyl (C=O) groups excluding carboxylic acids is 2. The van der Waals surface area contributed by atoms with Crippen LogP contribution in [-0.2, 0) is 32.6 Å². The Morgan fingerprint density at radius 2 is 1.45 bits per heavy atom. The summed E-state index contributed by atoms with van der Waals surface area (Å²) in [4.78, 5) is 30.0. The Hall–Kier alpha value is -4.34. The first kappa shape index (κ1) is 34.0. The largest absolute Gasteiger partial charge is 0.457 e. The van der Waals surface area contributed by atoms with Crippen LogP contribution in [0.25, 0.3) is 0 Å². The van der Waals surface area contributed by atoms with Crippen molar-refractivity contribution in [2.45, 2.75) is 57.2 Å². The fraction of sp³-hybridized carbons (Fsp3) is 0.297. The zero-order valence-electron chi connectivity index (χ0n) is 26.4. The molecule has 8 nitrogen and oxygen atoms in total. The first-order valence-electron chi connectivity index (χ1n) is 15.8. The highest BCUT2D eigenvalue weighted by Gasteiger charge is 2.34. The molecule has 4 aromatic rings. The van der Waals surface area contributed by atoms with Crippen molar-refractivity contribution in [3.63, 3.8) is 0 Å². The molecule has 0 heterocycles. The van der Waals surface area contributed by atoms with Gasteiger partial charge >= 0.3 is 0 Å². The van der Waals surface area contributed by atoms with Crippen molar-refractivity contribution >= 4 is 39.1 Å². The second-order valence-electron chi connectivity index (χ2n) is 11.9. The molecule has 2 amide bonds. The molecule has 5 rings (SSSR count). The van der Waals surface area contributed by atoms with Crippen molar-refractivity contribution in [1.29, 1.82) is 0 Å². The summed E-state index contributed by atoms with van der Waals surface area (Å²) in [7, 11) is -3.90. The molecule has 1 saturated carbocycles. The van der Waals surface area contributed by atoms with Gasteiger partial charge in [0.15, 0.2) is 0 Å². The molecule has 1 atom stereocenters. The first-order chi connectivity index (χ1) is 22.7. The fourth-order valence-corrected chi connectivity index (χ4v) is 6.91. The smallest absolute Gasteiger partial charge is 0.244 e. The first-order valence-corrected chi connectivity index (χ1v) is 18.1. The van der Waals surface area contributed by atoms with E-state index < -0.39 is 28.5 Å². The maximum absolute atomic E-state index is 14.4. The molecule has 0 radical (unpaired) electrons. The van der Waals surface area contributed by atoms with E-state index in [1.165, 1.54) is 4.90 Å². The van der Waals surface area contributed by atoms with Gasteiger partial charge in [-0.2, -0.15) is 0 Å². The third kappa shape index (κ3) is 9.83. The number of anilines is 1. The zero-order valence-corrected chi connectivity index (χ0v) is 28.0. The summed E-state index contributed by atoms with van der Waals surface area (Å²) in [6, 6.07) is 31.5. The maximum Gasteiger partial charge on any atom is 0.244 e. The number of amides is 2. The van der Waals surface area contributed by atoms with Gasteiger partial charge in [0.2, 0.25) is 21.8 Å². The van der Waals surface area contributed by atoms with Gasteiger partial charge in [-0.25, -0.2) is 8.42 Å². The van der Waals surface area contributed by atoms with E-state index in [1.807, 2.05) is 66.7 Å². The zero-order chi connectivity index (χ0) is 33.2. The topological polar surface area (TPSA) is 96.0 Å². The van der Waals surface area contributed by atoms with Crippen LogP contribution < -0.4 is 14.4 Å². The number of nitrogens with one attached hydrogen (secondary N) is 1. The summed E-state index contributed by atoms with van der Waals surface area (Å²) in [5.74, 6) is 0.386. The molecule has 1 fully saturated rings. The van der Waals surface area contributed by atoms with Crippen LogP contribution in [0.1, 0.15) is 43.2 Å². The van der Waals surface area contributed by atoms with E-state index in [1.54, 1.807) is 42.5 Å². The predicted octanol–water partition coefficient (Wildman–Crippen LogP) is 6.99. The fourth-order valence-electron chi connectivity index (χ4n) is 5.85. The molecule has 1 aliphatic rings.